The summed E-state index contributed by atoms with van der Waals surface area (Å²) < 4.78 is 4.85. The van der Waals surface area contributed by atoms with Gasteiger partial charge in [-0.15, -0.1) is 0 Å². The number of nitrogens with one attached hydrogen (secondary N) is 2. The van der Waals surface area contributed by atoms with Crippen LogP contribution in [0.3, 0.4) is 0 Å². The van der Waals surface area contributed by atoms with Crippen LogP contribution >= 0.6 is 0 Å². The number of imide groups is 2. The fourth-order valence-electron chi connectivity index (χ4n) is 2.31. The SMILES string of the molecule is CC(C)NC(=O)NC(=O)COC(=O)c1cccc(N2C(=O)CCC2=O)c1. The quantitative estimate of drug-likeness (QED) is 0.589. The largest absolute Gasteiger partial charge is 0.452 e. The summed E-state index contributed by atoms with van der Waals surface area (Å²) in [7, 11) is 0. The summed E-state index contributed by atoms with van der Waals surface area (Å²) in [6.07, 6.45) is 0.262. The number of carbonyl (C=O) groups excluding carboxylic acids is 5. The number of ether oxygens (including phenoxy) is 1. The Balaban J connectivity index is 1.95. The molecule has 26 heavy (non-hydrogen) atoms. The average molecular weight is 361 g/mol. The molecule has 0 bridgehead atoms. The zero-order chi connectivity index (χ0) is 19.3. The number of nitrogens with zero attached hydrogens (tertiary/aromatic N) is 1. The van der Waals surface area contributed by atoms with Crippen LogP contribution in [-0.4, -0.2) is 42.4 Å². The number of anilines is 1. The minimum absolute atomic E-state index is 0.0782. The third kappa shape index (κ3) is 4.88. The number of urea groups is 1. The van der Waals surface area contributed by atoms with Crippen molar-refractivity contribution >= 4 is 35.4 Å². The van der Waals surface area contributed by atoms with E-state index in [-0.39, 0.29) is 41.9 Å². The first-order chi connectivity index (χ1) is 12.3. The lowest BCUT2D eigenvalue weighted by molar-refractivity contribution is -0.123. The van der Waals surface area contributed by atoms with Crippen LogP contribution in [0.2, 0.25) is 0 Å². The molecule has 1 fully saturated rings. The summed E-state index contributed by atoms with van der Waals surface area (Å²) in [5.74, 6) is -2.27. The fraction of sp³-hybridized carbons (Fsp3) is 0.353. The van der Waals surface area contributed by atoms with E-state index in [0.717, 1.165) is 4.90 Å². The summed E-state index contributed by atoms with van der Waals surface area (Å²) in [5.41, 5.74) is 0.349. The van der Waals surface area contributed by atoms with Gasteiger partial charge in [-0.2, -0.15) is 0 Å². The molecular formula is C17H19N3O6. The third-order valence-electron chi connectivity index (χ3n) is 3.40. The van der Waals surface area contributed by atoms with E-state index in [1.54, 1.807) is 13.8 Å². The van der Waals surface area contributed by atoms with Crippen LogP contribution in [0.4, 0.5) is 10.5 Å². The van der Waals surface area contributed by atoms with Gasteiger partial charge in [0.1, 0.15) is 0 Å². The summed E-state index contributed by atoms with van der Waals surface area (Å²) in [6.45, 7) is 2.82. The first-order valence-corrected chi connectivity index (χ1v) is 8.01. The van der Waals surface area contributed by atoms with Gasteiger partial charge in [-0.25, -0.2) is 9.59 Å². The summed E-state index contributed by atoms with van der Waals surface area (Å²) >= 11 is 0. The highest BCUT2D eigenvalue weighted by Gasteiger charge is 2.30. The van der Waals surface area contributed by atoms with Crippen molar-refractivity contribution in [2.24, 2.45) is 0 Å². The fourth-order valence-corrected chi connectivity index (χ4v) is 2.31. The van der Waals surface area contributed by atoms with Crippen molar-refractivity contribution < 1.29 is 28.7 Å². The van der Waals surface area contributed by atoms with Crippen LogP contribution in [0.25, 0.3) is 0 Å². The smallest absolute Gasteiger partial charge is 0.338 e. The molecule has 0 spiro atoms. The molecule has 1 saturated heterocycles. The van der Waals surface area contributed by atoms with E-state index in [1.165, 1.54) is 24.3 Å². The Labute approximate surface area is 149 Å². The monoisotopic (exact) mass is 361 g/mol. The van der Waals surface area contributed by atoms with E-state index in [9.17, 15) is 24.0 Å². The lowest BCUT2D eigenvalue weighted by Crippen LogP contribution is -2.44. The number of esters is 1. The molecule has 0 radical (unpaired) electrons. The van der Waals surface area contributed by atoms with E-state index < -0.39 is 24.5 Å². The Morgan fingerprint density at radius 2 is 1.81 bits per heavy atom. The number of hydrogen-bond acceptors (Lipinski definition) is 6. The van der Waals surface area contributed by atoms with E-state index in [0.29, 0.717) is 0 Å². The highest BCUT2D eigenvalue weighted by atomic mass is 16.5. The Morgan fingerprint density at radius 3 is 2.42 bits per heavy atom. The zero-order valence-electron chi connectivity index (χ0n) is 14.4. The maximum atomic E-state index is 12.1. The van der Waals surface area contributed by atoms with E-state index >= 15 is 0 Å². The molecule has 0 unspecified atom stereocenters. The van der Waals surface area contributed by atoms with Crippen molar-refractivity contribution in [2.45, 2.75) is 32.7 Å². The van der Waals surface area contributed by atoms with Gasteiger partial charge in [-0.05, 0) is 32.0 Å². The first kappa shape index (κ1) is 19.1. The predicted octanol–water partition coefficient (Wildman–Crippen LogP) is 0.731. The molecule has 1 heterocycles. The lowest BCUT2D eigenvalue weighted by Gasteiger charge is -2.14. The van der Waals surface area contributed by atoms with Crippen molar-refractivity contribution in [1.29, 1.82) is 0 Å². The minimum Gasteiger partial charge on any atom is -0.452 e. The molecule has 2 N–H and O–H groups in total. The molecule has 9 heteroatoms. The van der Waals surface area contributed by atoms with Crippen LogP contribution in [0, 0.1) is 0 Å². The Hall–Kier alpha value is -3.23. The molecule has 2 rings (SSSR count). The second-order valence-corrected chi connectivity index (χ2v) is 5.93. The average Bonchev–Trinajstić information content (AvgIpc) is 2.90. The molecule has 0 aliphatic carbocycles. The molecular weight excluding hydrogens is 342 g/mol. The molecule has 5 amide bonds. The van der Waals surface area contributed by atoms with Gasteiger partial charge in [0.2, 0.25) is 11.8 Å². The molecule has 138 valence electrons. The number of benzene rings is 1. The second kappa shape index (κ2) is 8.24. The van der Waals surface area contributed by atoms with Crippen LogP contribution in [0.15, 0.2) is 24.3 Å². The van der Waals surface area contributed by atoms with Gasteiger partial charge < -0.3 is 10.1 Å². The van der Waals surface area contributed by atoms with Crippen LogP contribution in [-0.2, 0) is 19.1 Å². The van der Waals surface area contributed by atoms with Crippen molar-refractivity contribution in [3.63, 3.8) is 0 Å². The van der Waals surface area contributed by atoms with Gasteiger partial charge in [0.25, 0.3) is 5.91 Å². The Bertz CT molecular complexity index is 743. The molecule has 1 aliphatic heterocycles. The lowest BCUT2D eigenvalue weighted by atomic mass is 10.2. The maximum absolute atomic E-state index is 12.1. The zero-order valence-corrected chi connectivity index (χ0v) is 14.4. The standard InChI is InChI=1S/C17H19N3O6/c1-10(2)18-17(25)19-13(21)9-26-16(24)11-4-3-5-12(8-11)20-14(22)6-7-15(20)23/h3-5,8,10H,6-7,9H2,1-2H3,(H2,18,19,21,25). The van der Waals surface area contributed by atoms with E-state index in [2.05, 4.69) is 5.32 Å². The van der Waals surface area contributed by atoms with E-state index in [4.69, 9.17) is 4.74 Å². The van der Waals surface area contributed by atoms with Crippen molar-refractivity contribution in [3.8, 4) is 0 Å². The highest BCUT2D eigenvalue weighted by Crippen LogP contribution is 2.23. The summed E-state index contributed by atoms with van der Waals surface area (Å²) in [5, 5.41) is 4.48. The predicted molar refractivity (Wildman–Crippen MR) is 90.3 cm³/mol. The number of rotatable bonds is 5. The molecule has 0 saturated carbocycles. The molecule has 0 aromatic heterocycles. The van der Waals surface area contributed by atoms with Crippen molar-refractivity contribution in [2.75, 3.05) is 11.5 Å². The Morgan fingerprint density at radius 1 is 1.15 bits per heavy atom. The van der Waals surface area contributed by atoms with Gasteiger partial charge >= 0.3 is 12.0 Å². The van der Waals surface area contributed by atoms with Gasteiger partial charge in [0.05, 0.1) is 11.3 Å². The van der Waals surface area contributed by atoms with E-state index in [1.807, 2.05) is 5.32 Å². The number of carbonyl (C=O) groups is 5. The molecule has 1 aromatic carbocycles. The van der Waals surface area contributed by atoms with Crippen molar-refractivity contribution in [3.05, 3.63) is 29.8 Å². The summed E-state index contributed by atoms with van der Waals surface area (Å²) in [4.78, 5) is 59.5. The number of hydrogen-bond donors (Lipinski definition) is 2. The number of amides is 5. The maximum Gasteiger partial charge on any atom is 0.338 e. The van der Waals surface area contributed by atoms with Gasteiger partial charge in [-0.1, -0.05) is 6.07 Å². The molecule has 9 nitrogen and oxygen atoms in total. The topological polar surface area (TPSA) is 122 Å². The van der Waals surface area contributed by atoms with Gasteiger partial charge in [-0.3, -0.25) is 24.6 Å². The summed E-state index contributed by atoms with van der Waals surface area (Å²) in [6, 6.07) is 4.97. The normalized spacial score (nSPS) is 13.7. The second-order valence-electron chi connectivity index (χ2n) is 5.93. The van der Waals surface area contributed by atoms with Gasteiger partial charge in [0, 0.05) is 18.9 Å². The molecule has 1 aromatic rings. The highest BCUT2D eigenvalue weighted by molar-refractivity contribution is 6.20. The van der Waals surface area contributed by atoms with Crippen LogP contribution in [0.5, 0.6) is 0 Å². The Kier molecular flexibility index (Phi) is 6.05. The molecule has 1 aliphatic rings. The van der Waals surface area contributed by atoms with Crippen LogP contribution < -0.4 is 15.5 Å². The van der Waals surface area contributed by atoms with Crippen LogP contribution in [0.1, 0.15) is 37.0 Å². The van der Waals surface area contributed by atoms with Crippen molar-refractivity contribution in [1.82, 2.24) is 10.6 Å². The minimum atomic E-state index is -0.814. The first-order valence-electron chi connectivity index (χ1n) is 8.01. The third-order valence-corrected chi connectivity index (χ3v) is 3.40. The van der Waals surface area contributed by atoms with Gasteiger partial charge in [0.15, 0.2) is 6.61 Å². The molecule has 0 atom stereocenters.